The average Bonchev–Trinajstić information content (AvgIpc) is 1.86. The number of carbonyl (C=O) groups excluding carboxylic acids is 1. The molecule has 0 N–H and O–H groups in total. The summed E-state index contributed by atoms with van der Waals surface area (Å²) in [6.45, 7) is 8.32. The second-order valence-electron chi connectivity index (χ2n) is 1.97. The first-order chi connectivity index (χ1) is 4.70. The van der Waals surface area contributed by atoms with E-state index in [1.807, 2.05) is 0 Å². The number of aliphatic imine (C=N–C) groups is 1. The molecule has 54 valence electrons. The molecule has 0 aliphatic rings. The third kappa shape index (κ3) is 3.78. The van der Waals surface area contributed by atoms with E-state index >= 15 is 0 Å². The van der Waals surface area contributed by atoms with Gasteiger partial charge in [-0.25, -0.2) is 0 Å². The van der Waals surface area contributed by atoms with Crippen LogP contribution in [0.2, 0.25) is 0 Å². The van der Waals surface area contributed by atoms with E-state index in [2.05, 4.69) is 18.3 Å². The summed E-state index contributed by atoms with van der Waals surface area (Å²) in [5.41, 5.74) is 0.808. The van der Waals surface area contributed by atoms with Crippen LogP contribution in [-0.2, 0) is 4.79 Å². The smallest absolute Gasteiger partial charge is 0.134 e. The normalized spacial score (nSPS) is 10.7. The fourth-order valence-corrected chi connectivity index (χ4v) is 0.575. The van der Waals surface area contributed by atoms with Crippen LogP contribution in [0.3, 0.4) is 0 Å². The summed E-state index contributed by atoms with van der Waals surface area (Å²) in [7, 11) is 0. The zero-order valence-electron chi connectivity index (χ0n) is 6.13. The molecule has 0 saturated heterocycles. The van der Waals surface area contributed by atoms with Crippen molar-refractivity contribution in [1.82, 2.24) is 0 Å². The predicted molar refractivity (Wildman–Crippen MR) is 43.1 cm³/mol. The summed E-state index contributed by atoms with van der Waals surface area (Å²) < 4.78 is 0. The molecule has 0 aromatic heterocycles. The minimum Gasteiger partial charge on any atom is -0.300 e. The Morgan fingerprint density at radius 1 is 1.70 bits per heavy atom. The number of hydrogen-bond acceptors (Lipinski definition) is 2. The lowest BCUT2D eigenvalue weighted by Gasteiger charge is -1.93. The predicted octanol–water partition coefficient (Wildman–Crippen LogP) is 1.74. The number of hydrogen-bond donors (Lipinski definition) is 0. The van der Waals surface area contributed by atoms with Crippen molar-refractivity contribution < 1.29 is 4.79 Å². The van der Waals surface area contributed by atoms with Gasteiger partial charge in [-0.05, 0) is 19.2 Å². The van der Waals surface area contributed by atoms with Crippen molar-refractivity contribution >= 4 is 12.5 Å². The van der Waals surface area contributed by atoms with E-state index in [0.717, 1.165) is 5.57 Å². The molecule has 10 heavy (non-hydrogen) atoms. The molecule has 0 aliphatic carbocycles. The number of nitrogens with zero attached hydrogens (tertiary/aromatic N) is 1. The molecule has 0 bridgehead atoms. The summed E-state index contributed by atoms with van der Waals surface area (Å²) >= 11 is 0. The molecule has 0 aromatic carbocycles. The van der Waals surface area contributed by atoms with Gasteiger partial charge in [0.1, 0.15) is 5.78 Å². The summed E-state index contributed by atoms with van der Waals surface area (Å²) in [6, 6.07) is 0. The van der Waals surface area contributed by atoms with Crippen LogP contribution >= 0.6 is 0 Å². The summed E-state index contributed by atoms with van der Waals surface area (Å²) in [4.78, 5) is 14.1. The molecule has 2 nitrogen and oxygen atoms in total. The molecule has 2 heteroatoms. The molecule has 0 unspecified atom stereocenters. The van der Waals surface area contributed by atoms with Gasteiger partial charge in [-0.3, -0.25) is 9.79 Å². The van der Waals surface area contributed by atoms with Crippen LogP contribution in [0.5, 0.6) is 0 Å². The van der Waals surface area contributed by atoms with E-state index in [4.69, 9.17) is 0 Å². The van der Waals surface area contributed by atoms with Crippen molar-refractivity contribution in [2.45, 2.75) is 13.3 Å². The highest BCUT2D eigenvalue weighted by atomic mass is 16.1. The lowest BCUT2D eigenvalue weighted by atomic mass is 10.1. The largest absolute Gasteiger partial charge is 0.300 e. The van der Waals surface area contributed by atoms with E-state index in [-0.39, 0.29) is 5.78 Å². The van der Waals surface area contributed by atoms with Crippen LogP contribution in [0.4, 0.5) is 0 Å². The van der Waals surface area contributed by atoms with Gasteiger partial charge in [0.05, 0.1) is 0 Å². The first-order valence-electron chi connectivity index (χ1n) is 2.97. The van der Waals surface area contributed by atoms with E-state index in [1.165, 1.54) is 13.1 Å². The van der Waals surface area contributed by atoms with E-state index in [0.29, 0.717) is 6.42 Å². The van der Waals surface area contributed by atoms with Crippen molar-refractivity contribution in [3.63, 3.8) is 0 Å². The second kappa shape index (κ2) is 4.68. The second-order valence-corrected chi connectivity index (χ2v) is 1.97. The Morgan fingerprint density at radius 3 is 2.60 bits per heavy atom. The summed E-state index contributed by atoms with van der Waals surface area (Å²) in [5, 5.41) is 0. The van der Waals surface area contributed by atoms with E-state index in [1.54, 1.807) is 6.08 Å². The first kappa shape index (κ1) is 8.82. The molecular weight excluding hydrogens is 126 g/mol. The molecule has 0 spiro atoms. The van der Waals surface area contributed by atoms with Crippen molar-refractivity contribution in [3.05, 3.63) is 24.4 Å². The van der Waals surface area contributed by atoms with Gasteiger partial charge in [-0.15, -0.1) is 0 Å². The lowest BCUT2D eigenvalue weighted by Crippen LogP contribution is -1.90. The van der Waals surface area contributed by atoms with Gasteiger partial charge in [0.2, 0.25) is 0 Å². The van der Waals surface area contributed by atoms with Crippen LogP contribution in [0.1, 0.15) is 13.3 Å². The Morgan fingerprint density at radius 2 is 2.30 bits per heavy atom. The van der Waals surface area contributed by atoms with Crippen LogP contribution in [0.25, 0.3) is 0 Å². The number of carbonyl (C=O) groups is 1. The maximum absolute atomic E-state index is 10.5. The SMILES string of the molecule is C=C/C(=C\N=C)CC(C)=O. The van der Waals surface area contributed by atoms with Gasteiger partial charge in [-0.1, -0.05) is 12.7 Å². The maximum atomic E-state index is 10.5. The topological polar surface area (TPSA) is 29.4 Å². The number of allylic oxidation sites excluding steroid dienone is 2. The molecule has 0 radical (unpaired) electrons. The molecule has 0 atom stereocenters. The number of rotatable bonds is 4. The van der Waals surface area contributed by atoms with E-state index < -0.39 is 0 Å². The highest BCUT2D eigenvalue weighted by molar-refractivity contribution is 5.78. The minimum absolute atomic E-state index is 0.106. The Balaban J connectivity index is 4.08. The molecule has 0 saturated carbocycles. The molecule has 0 aliphatic heterocycles. The summed E-state index contributed by atoms with van der Waals surface area (Å²) in [5.74, 6) is 0.106. The number of ketones is 1. The van der Waals surface area contributed by atoms with Gasteiger partial charge in [0, 0.05) is 12.6 Å². The van der Waals surface area contributed by atoms with Crippen LogP contribution < -0.4 is 0 Å². The van der Waals surface area contributed by atoms with Crippen LogP contribution in [-0.4, -0.2) is 12.5 Å². The number of Topliss-reactive ketones (excluding diaryl/α,β-unsaturated/α-hetero) is 1. The molecule has 0 aromatic rings. The van der Waals surface area contributed by atoms with E-state index in [9.17, 15) is 4.79 Å². The van der Waals surface area contributed by atoms with Gasteiger partial charge >= 0.3 is 0 Å². The molecule has 0 fully saturated rings. The third-order valence-electron chi connectivity index (χ3n) is 0.972. The molecule has 0 amide bonds. The van der Waals surface area contributed by atoms with Gasteiger partial charge in [0.15, 0.2) is 0 Å². The van der Waals surface area contributed by atoms with Gasteiger partial charge in [0.25, 0.3) is 0 Å². The molecule has 0 rings (SSSR count). The van der Waals surface area contributed by atoms with Crippen molar-refractivity contribution in [2.75, 3.05) is 0 Å². The van der Waals surface area contributed by atoms with Gasteiger partial charge < -0.3 is 0 Å². The van der Waals surface area contributed by atoms with Crippen molar-refractivity contribution in [3.8, 4) is 0 Å². The zero-order chi connectivity index (χ0) is 7.98. The van der Waals surface area contributed by atoms with Gasteiger partial charge in [-0.2, -0.15) is 0 Å². The highest BCUT2D eigenvalue weighted by Gasteiger charge is 1.94. The fourth-order valence-electron chi connectivity index (χ4n) is 0.575. The van der Waals surface area contributed by atoms with Crippen molar-refractivity contribution in [2.24, 2.45) is 4.99 Å². The quantitative estimate of drug-likeness (QED) is 0.428. The Kier molecular flexibility index (Phi) is 4.12. The Bertz CT molecular complexity index is 180. The third-order valence-corrected chi connectivity index (χ3v) is 0.972. The lowest BCUT2D eigenvalue weighted by molar-refractivity contribution is -0.116. The van der Waals surface area contributed by atoms with Crippen LogP contribution in [0.15, 0.2) is 29.4 Å². The average molecular weight is 137 g/mol. The molecular formula is C8H11NO. The minimum atomic E-state index is 0.106. The Labute approximate surface area is 61.0 Å². The highest BCUT2D eigenvalue weighted by Crippen LogP contribution is 2.02. The van der Waals surface area contributed by atoms with Crippen LogP contribution in [0, 0.1) is 0 Å². The fraction of sp³-hybridized carbons (Fsp3) is 0.250. The first-order valence-corrected chi connectivity index (χ1v) is 2.97. The zero-order valence-corrected chi connectivity index (χ0v) is 6.13. The monoisotopic (exact) mass is 137 g/mol. The standard InChI is InChI=1S/C8H11NO/c1-4-8(6-9-3)5-7(2)10/h4,6H,1,3,5H2,2H3/b8-6+. The maximum Gasteiger partial charge on any atom is 0.134 e. The molecule has 0 heterocycles. The van der Waals surface area contributed by atoms with Crippen molar-refractivity contribution in [1.29, 1.82) is 0 Å². The summed E-state index contributed by atoms with van der Waals surface area (Å²) in [6.07, 6.45) is 3.53. The Hall–Kier alpha value is -1.18.